The molecule has 0 aromatic carbocycles. The third-order valence-electron chi connectivity index (χ3n) is 10.4. The fourth-order valence-electron chi connectivity index (χ4n) is 8.38. The van der Waals surface area contributed by atoms with E-state index in [2.05, 4.69) is 0 Å². The van der Waals surface area contributed by atoms with Crippen LogP contribution < -0.4 is 0 Å². The second-order valence-electron chi connectivity index (χ2n) is 12.5. The summed E-state index contributed by atoms with van der Waals surface area (Å²) in [5, 5.41) is 0. The smallest absolute Gasteiger partial charge is 0.339 e. The number of ketones is 1. The van der Waals surface area contributed by atoms with Crippen molar-refractivity contribution in [3.8, 4) is 0 Å². The summed E-state index contributed by atoms with van der Waals surface area (Å²) in [5.74, 6) is -2.40. The van der Waals surface area contributed by atoms with Crippen molar-refractivity contribution in [2.75, 3.05) is 13.7 Å². The van der Waals surface area contributed by atoms with Gasteiger partial charge in [0.1, 0.15) is 17.1 Å². The first kappa shape index (κ1) is 26.7. The number of furan rings is 1. The van der Waals surface area contributed by atoms with Crippen LogP contribution in [0.3, 0.4) is 0 Å². The molecule has 4 aliphatic rings. The SMILES string of the molecule is COC(=O)[C@]1(C)[C@@H]([C@@]2(C)C=CC(=O)C(C)(C)[C@@H]2COC(C)=O)CC[C@@]2(C)[C@@H](c3ccoc3)OC(=O)[C@H]3O[C@]321. The number of hydrogen-bond acceptors (Lipinski definition) is 9. The molecule has 0 radical (unpaired) electrons. The van der Waals surface area contributed by atoms with Gasteiger partial charge < -0.3 is 23.4 Å². The van der Waals surface area contributed by atoms with E-state index < -0.39 is 69.2 Å². The van der Waals surface area contributed by atoms with Gasteiger partial charge in [-0.25, -0.2) is 4.79 Å². The summed E-state index contributed by atoms with van der Waals surface area (Å²) in [6.45, 7) is 10.8. The molecule has 1 aromatic rings. The summed E-state index contributed by atoms with van der Waals surface area (Å²) in [6, 6.07) is 1.76. The molecule has 9 nitrogen and oxygen atoms in total. The quantitative estimate of drug-likeness (QED) is 0.317. The first-order valence-electron chi connectivity index (χ1n) is 13.1. The molecule has 38 heavy (non-hydrogen) atoms. The van der Waals surface area contributed by atoms with E-state index >= 15 is 0 Å². The molecule has 1 aromatic heterocycles. The lowest BCUT2D eigenvalue weighted by molar-refractivity contribution is -0.213. The number of esters is 3. The van der Waals surface area contributed by atoms with E-state index in [1.807, 2.05) is 40.7 Å². The standard InChI is InChI=1S/C29H36O9/c1-16(30)36-15-19-25(2,3)20(31)9-11-26(19,4)18-8-12-27(5)21(17-10-13-35-14-17)37-23(32)22-29(27,38-22)28(18,6)24(33)34-7/h9-11,13-14,18-19,21-22H,8,12,15H2,1-7H3/t18-,19+,21-,22-,26-,27+,28+,29-/m1/s1. The number of hydrogen-bond donors (Lipinski definition) is 0. The zero-order chi connectivity index (χ0) is 27.9. The molecule has 1 spiro atoms. The Balaban J connectivity index is 1.68. The summed E-state index contributed by atoms with van der Waals surface area (Å²) in [4.78, 5) is 52.1. The predicted molar refractivity (Wildman–Crippen MR) is 132 cm³/mol. The first-order valence-corrected chi connectivity index (χ1v) is 13.1. The van der Waals surface area contributed by atoms with Crippen molar-refractivity contribution < 1.29 is 42.5 Å². The Labute approximate surface area is 222 Å². The van der Waals surface area contributed by atoms with Gasteiger partial charge in [-0.3, -0.25) is 14.4 Å². The van der Waals surface area contributed by atoms with Gasteiger partial charge in [0.2, 0.25) is 0 Å². The second kappa shape index (κ2) is 8.28. The number of carbonyl (C=O) groups excluding carboxylic acids is 4. The number of cyclic esters (lactones) is 1. The minimum Gasteiger partial charge on any atom is -0.472 e. The Morgan fingerprint density at radius 1 is 1.11 bits per heavy atom. The van der Waals surface area contributed by atoms with Crippen LogP contribution in [-0.4, -0.2) is 49.1 Å². The van der Waals surface area contributed by atoms with Crippen molar-refractivity contribution in [3.63, 3.8) is 0 Å². The molecule has 9 heteroatoms. The summed E-state index contributed by atoms with van der Waals surface area (Å²) in [6.07, 6.45) is 6.01. The van der Waals surface area contributed by atoms with E-state index in [0.717, 1.165) is 0 Å². The monoisotopic (exact) mass is 528 g/mol. The van der Waals surface area contributed by atoms with Crippen LogP contribution in [0.25, 0.3) is 0 Å². The first-order chi connectivity index (χ1) is 17.7. The lowest BCUT2D eigenvalue weighted by Crippen LogP contribution is -2.69. The zero-order valence-electron chi connectivity index (χ0n) is 23.0. The average molecular weight is 529 g/mol. The van der Waals surface area contributed by atoms with Crippen LogP contribution in [0.15, 0.2) is 35.2 Å². The van der Waals surface area contributed by atoms with Gasteiger partial charge in [0, 0.05) is 29.2 Å². The number of epoxide rings is 1. The molecule has 2 aliphatic heterocycles. The van der Waals surface area contributed by atoms with E-state index in [9.17, 15) is 19.2 Å². The molecular formula is C29H36O9. The van der Waals surface area contributed by atoms with E-state index in [-0.39, 0.29) is 12.4 Å². The van der Waals surface area contributed by atoms with Crippen molar-refractivity contribution in [2.45, 2.75) is 72.2 Å². The number of rotatable bonds is 5. The van der Waals surface area contributed by atoms with Crippen LogP contribution >= 0.6 is 0 Å². The van der Waals surface area contributed by atoms with Crippen LogP contribution in [0.2, 0.25) is 0 Å². The normalized spacial score (nSPS) is 42.9. The maximum atomic E-state index is 14.0. The Bertz CT molecular complexity index is 1210. The summed E-state index contributed by atoms with van der Waals surface area (Å²) in [5.41, 5.74) is -4.23. The van der Waals surface area contributed by atoms with E-state index in [4.69, 9.17) is 23.4 Å². The Hall–Kier alpha value is -2.94. The van der Waals surface area contributed by atoms with Crippen LogP contribution in [0.5, 0.6) is 0 Å². The molecule has 8 atom stereocenters. The molecule has 1 saturated carbocycles. The Kier molecular flexibility index (Phi) is 5.81. The highest BCUT2D eigenvalue weighted by atomic mass is 16.7. The maximum Gasteiger partial charge on any atom is 0.339 e. The van der Waals surface area contributed by atoms with Gasteiger partial charge >= 0.3 is 17.9 Å². The number of carbonyl (C=O) groups is 4. The molecule has 5 rings (SSSR count). The topological polar surface area (TPSA) is 122 Å². The van der Waals surface area contributed by atoms with E-state index in [1.54, 1.807) is 18.4 Å². The summed E-state index contributed by atoms with van der Waals surface area (Å²) in [7, 11) is 1.34. The molecule has 3 heterocycles. The molecule has 2 aliphatic carbocycles. The third kappa shape index (κ3) is 3.14. The van der Waals surface area contributed by atoms with Crippen LogP contribution in [-0.2, 0) is 38.1 Å². The molecule has 206 valence electrons. The largest absolute Gasteiger partial charge is 0.472 e. The molecule has 0 bridgehead atoms. The highest BCUT2D eigenvalue weighted by Gasteiger charge is 2.88. The molecule has 0 amide bonds. The van der Waals surface area contributed by atoms with Gasteiger partial charge in [0.15, 0.2) is 11.9 Å². The minimum atomic E-state index is -1.30. The third-order valence-corrected chi connectivity index (χ3v) is 10.4. The Morgan fingerprint density at radius 3 is 2.42 bits per heavy atom. The summed E-state index contributed by atoms with van der Waals surface area (Å²) < 4.78 is 28.5. The van der Waals surface area contributed by atoms with E-state index in [1.165, 1.54) is 20.3 Å². The average Bonchev–Trinajstić information content (AvgIpc) is 3.43. The van der Waals surface area contributed by atoms with Crippen LogP contribution in [0.1, 0.15) is 66.1 Å². The highest BCUT2D eigenvalue weighted by Crippen LogP contribution is 2.76. The highest BCUT2D eigenvalue weighted by molar-refractivity contribution is 5.96. The molecular weight excluding hydrogens is 492 g/mol. The van der Waals surface area contributed by atoms with Crippen molar-refractivity contribution in [3.05, 3.63) is 36.3 Å². The van der Waals surface area contributed by atoms with Gasteiger partial charge in [-0.15, -0.1) is 0 Å². The van der Waals surface area contributed by atoms with Crippen LogP contribution in [0.4, 0.5) is 0 Å². The fraction of sp³-hybridized carbons (Fsp3) is 0.655. The van der Waals surface area contributed by atoms with Gasteiger partial charge in [0.05, 0.1) is 26.2 Å². The molecule has 0 unspecified atom stereocenters. The van der Waals surface area contributed by atoms with Gasteiger partial charge in [-0.2, -0.15) is 0 Å². The van der Waals surface area contributed by atoms with Gasteiger partial charge in [-0.05, 0) is 43.2 Å². The predicted octanol–water partition coefficient (Wildman–Crippen LogP) is 3.96. The number of methoxy groups -OCH3 is 1. The number of ether oxygens (including phenoxy) is 4. The van der Waals surface area contributed by atoms with Crippen molar-refractivity contribution in [1.82, 2.24) is 0 Å². The van der Waals surface area contributed by atoms with Crippen LogP contribution in [0, 0.1) is 33.5 Å². The van der Waals surface area contributed by atoms with Crippen molar-refractivity contribution >= 4 is 23.7 Å². The van der Waals surface area contributed by atoms with Gasteiger partial charge in [0.25, 0.3) is 0 Å². The summed E-state index contributed by atoms with van der Waals surface area (Å²) >= 11 is 0. The second-order valence-corrected chi connectivity index (χ2v) is 12.5. The zero-order valence-corrected chi connectivity index (χ0v) is 23.0. The minimum absolute atomic E-state index is 0.0108. The lowest BCUT2D eigenvalue weighted by atomic mass is 9.40. The molecule has 2 saturated heterocycles. The molecule has 0 N–H and O–H groups in total. The number of allylic oxidation sites excluding steroid dienone is 2. The van der Waals surface area contributed by atoms with Crippen molar-refractivity contribution in [1.29, 1.82) is 0 Å². The fourth-order valence-corrected chi connectivity index (χ4v) is 8.38. The Morgan fingerprint density at radius 2 is 1.82 bits per heavy atom. The molecule has 3 fully saturated rings. The van der Waals surface area contributed by atoms with Gasteiger partial charge in [-0.1, -0.05) is 33.8 Å². The van der Waals surface area contributed by atoms with Crippen molar-refractivity contribution in [2.24, 2.45) is 33.5 Å². The van der Waals surface area contributed by atoms with E-state index in [0.29, 0.717) is 18.4 Å². The maximum absolute atomic E-state index is 14.0. The lowest BCUT2D eigenvalue weighted by Gasteiger charge is -2.62.